The summed E-state index contributed by atoms with van der Waals surface area (Å²) < 4.78 is 23.2. The van der Waals surface area contributed by atoms with Gasteiger partial charge in [-0.2, -0.15) is 0 Å². The summed E-state index contributed by atoms with van der Waals surface area (Å²) in [5.74, 6) is 0.941. The first kappa shape index (κ1) is 23.2. The lowest BCUT2D eigenvalue weighted by Gasteiger charge is -2.19. The van der Waals surface area contributed by atoms with E-state index >= 15 is 0 Å². The summed E-state index contributed by atoms with van der Waals surface area (Å²) in [4.78, 5) is 37.3. The average molecular weight is 466 g/mol. The molecule has 1 aliphatic heterocycles. The number of fused-ring (bicyclic) bond motifs is 2. The molecule has 1 atom stereocenters. The van der Waals surface area contributed by atoms with Crippen LogP contribution in [0.4, 0.5) is 5.69 Å². The van der Waals surface area contributed by atoms with E-state index in [2.05, 4.69) is 5.32 Å². The van der Waals surface area contributed by atoms with E-state index in [4.69, 9.17) is 18.9 Å². The molecular formula is C25H26N2O7. The van der Waals surface area contributed by atoms with Crippen molar-refractivity contribution in [3.63, 3.8) is 0 Å². The molecule has 0 saturated carbocycles. The quantitative estimate of drug-likeness (QED) is 0.509. The largest absolute Gasteiger partial charge is 0.486 e. The van der Waals surface area contributed by atoms with Crippen molar-refractivity contribution >= 4 is 28.3 Å². The van der Waals surface area contributed by atoms with Crippen LogP contribution in [0.15, 0.2) is 53.5 Å². The van der Waals surface area contributed by atoms with Gasteiger partial charge in [-0.05, 0) is 44.2 Å². The highest BCUT2D eigenvalue weighted by Gasteiger charge is 2.18. The van der Waals surface area contributed by atoms with Crippen LogP contribution in [-0.4, -0.2) is 42.4 Å². The second kappa shape index (κ2) is 10.3. The average Bonchev–Trinajstić information content (AvgIpc) is 2.84. The Kier molecular flexibility index (Phi) is 7.01. The van der Waals surface area contributed by atoms with Gasteiger partial charge < -0.3 is 28.8 Å². The number of ether oxygens (including phenoxy) is 4. The zero-order chi connectivity index (χ0) is 24.1. The Hall–Kier alpha value is -4.01. The third-order valence-electron chi connectivity index (χ3n) is 5.31. The van der Waals surface area contributed by atoms with Gasteiger partial charge in [0.15, 0.2) is 17.6 Å². The zero-order valence-electron chi connectivity index (χ0n) is 19.0. The van der Waals surface area contributed by atoms with Crippen LogP contribution in [0.25, 0.3) is 10.8 Å². The number of carbonyl (C=O) groups excluding carboxylic acids is 2. The molecule has 0 radical (unpaired) electrons. The Balaban J connectivity index is 1.43. The van der Waals surface area contributed by atoms with Crippen LogP contribution in [-0.2, 0) is 20.9 Å². The first-order chi connectivity index (χ1) is 16.5. The fourth-order valence-electron chi connectivity index (χ4n) is 3.63. The van der Waals surface area contributed by atoms with E-state index in [0.29, 0.717) is 46.9 Å². The lowest BCUT2D eigenvalue weighted by Crippen LogP contribution is -2.26. The maximum Gasteiger partial charge on any atom is 0.347 e. The van der Waals surface area contributed by atoms with Gasteiger partial charge in [-0.1, -0.05) is 6.07 Å². The molecule has 1 aliphatic rings. The Morgan fingerprint density at radius 2 is 1.88 bits per heavy atom. The number of hydrogen-bond donors (Lipinski definition) is 1. The minimum Gasteiger partial charge on any atom is -0.486 e. The molecule has 9 nitrogen and oxygen atoms in total. The number of hydrogen-bond acceptors (Lipinski definition) is 7. The second-order valence-electron chi connectivity index (χ2n) is 7.70. The highest BCUT2D eigenvalue weighted by Crippen LogP contribution is 2.32. The summed E-state index contributed by atoms with van der Waals surface area (Å²) >= 11 is 0. The van der Waals surface area contributed by atoms with E-state index < -0.39 is 12.1 Å². The number of pyridine rings is 1. The minimum atomic E-state index is -0.808. The smallest absolute Gasteiger partial charge is 0.347 e. The third-order valence-corrected chi connectivity index (χ3v) is 5.31. The van der Waals surface area contributed by atoms with Crippen molar-refractivity contribution in [3.05, 3.63) is 59.0 Å². The van der Waals surface area contributed by atoms with Crippen molar-refractivity contribution in [2.45, 2.75) is 32.9 Å². The third kappa shape index (κ3) is 5.14. The predicted molar refractivity (Wildman–Crippen MR) is 126 cm³/mol. The van der Waals surface area contributed by atoms with Crippen molar-refractivity contribution < 1.29 is 28.5 Å². The number of esters is 1. The number of amides is 1. The Bertz CT molecular complexity index is 1270. The van der Waals surface area contributed by atoms with E-state index in [-0.39, 0.29) is 31.0 Å². The van der Waals surface area contributed by atoms with E-state index in [9.17, 15) is 14.4 Å². The van der Waals surface area contributed by atoms with Gasteiger partial charge in [0.2, 0.25) is 5.91 Å². The fraction of sp³-hybridized carbons (Fsp3) is 0.320. The van der Waals surface area contributed by atoms with Crippen LogP contribution in [0.2, 0.25) is 0 Å². The van der Waals surface area contributed by atoms with Gasteiger partial charge in [-0.25, -0.2) is 4.79 Å². The minimum absolute atomic E-state index is 0.107. The molecule has 3 aromatic rings. The molecule has 2 aromatic carbocycles. The lowest BCUT2D eigenvalue weighted by atomic mass is 10.1. The van der Waals surface area contributed by atoms with Crippen LogP contribution in [0.3, 0.4) is 0 Å². The van der Waals surface area contributed by atoms with Gasteiger partial charge in [-0.3, -0.25) is 9.59 Å². The Labute approximate surface area is 196 Å². The topological polar surface area (TPSA) is 105 Å². The second-order valence-corrected chi connectivity index (χ2v) is 7.70. The predicted octanol–water partition coefficient (Wildman–Crippen LogP) is 3.13. The summed E-state index contributed by atoms with van der Waals surface area (Å²) in [6, 6.07) is 12.0. The molecule has 1 amide bonds. The van der Waals surface area contributed by atoms with Crippen LogP contribution in [0, 0.1) is 0 Å². The molecule has 1 aromatic heterocycles. The van der Waals surface area contributed by atoms with Gasteiger partial charge in [0.25, 0.3) is 5.56 Å². The Morgan fingerprint density at radius 1 is 1.09 bits per heavy atom. The van der Waals surface area contributed by atoms with E-state index in [1.54, 1.807) is 62.5 Å². The zero-order valence-corrected chi connectivity index (χ0v) is 19.0. The molecule has 0 spiro atoms. The van der Waals surface area contributed by atoms with Crippen LogP contribution in [0.1, 0.15) is 20.3 Å². The molecule has 1 unspecified atom stereocenters. The van der Waals surface area contributed by atoms with Crippen LogP contribution in [0.5, 0.6) is 17.2 Å². The maximum absolute atomic E-state index is 13.0. The molecule has 34 heavy (non-hydrogen) atoms. The molecule has 0 saturated heterocycles. The highest BCUT2D eigenvalue weighted by molar-refractivity contribution is 5.91. The molecule has 0 fully saturated rings. The Morgan fingerprint density at radius 3 is 2.68 bits per heavy atom. The van der Waals surface area contributed by atoms with Crippen molar-refractivity contribution in [1.82, 2.24) is 4.57 Å². The summed E-state index contributed by atoms with van der Waals surface area (Å²) in [7, 11) is 0. The summed E-state index contributed by atoms with van der Waals surface area (Å²) in [5.41, 5.74) is 0.344. The molecule has 178 valence electrons. The first-order valence-corrected chi connectivity index (χ1v) is 11.1. The molecule has 0 bridgehead atoms. The van der Waals surface area contributed by atoms with Crippen molar-refractivity contribution in [1.29, 1.82) is 0 Å². The first-order valence-electron chi connectivity index (χ1n) is 11.1. The van der Waals surface area contributed by atoms with Crippen LogP contribution >= 0.6 is 0 Å². The molecular weight excluding hydrogens is 440 g/mol. The van der Waals surface area contributed by atoms with Gasteiger partial charge in [0.05, 0.1) is 12.0 Å². The number of nitrogens with one attached hydrogen (secondary N) is 1. The van der Waals surface area contributed by atoms with E-state index in [1.165, 1.54) is 4.57 Å². The van der Waals surface area contributed by atoms with Crippen LogP contribution < -0.4 is 25.1 Å². The number of rotatable bonds is 8. The van der Waals surface area contributed by atoms with Gasteiger partial charge in [0, 0.05) is 36.3 Å². The SMILES string of the molecule is CCOC(=O)C(C)Oc1cccc2c(=O)n(CCC(=O)Nc3ccc4c(c3)OCCO4)ccc12. The highest BCUT2D eigenvalue weighted by atomic mass is 16.6. The van der Waals surface area contributed by atoms with E-state index in [1.807, 2.05) is 0 Å². The number of nitrogens with zero attached hydrogens (tertiary/aromatic N) is 1. The number of aryl methyl sites for hydroxylation is 1. The molecule has 4 rings (SSSR count). The van der Waals surface area contributed by atoms with Crippen molar-refractivity contribution in [2.24, 2.45) is 0 Å². The summed E-state index contributed by atoms with van der Waals surface area (Å²) in [6.45, 7) is 4.74. The fourth-order valence-corrected chi connectivity index (χ4v) is 3.63. The molecule has 2 heterocycles. The van der Waals surface area contributed by atoms with Crippen molar-refractivity contribution in [3.8, 4) is 17.2 Å². The lowest BCUT2D eigenvalue weighted by molar-refractivity contribution is -0.150. The number of benzene rings is 2. The van der Waals surface area contributed by atoms with Gasteiger partial charge in [0.1, 0.15) is 19.0 Å². The van der Waals surface area contributed by atoms with Crippen molar-refractivity contribution in [2.75, 3.05) is 25.1 Å². The molecule has 0 aliphatic carbocycles. The van der Waals surface area contributed by atoms with Gasteiger partial charge in [-0.15, -0.1) is 0 Å². The van der Waals surface area contributed by atoms with Gasteiger partial charge >= 0.3 is 5.97 Å². The maximum atomic E-state index is 13.0. The normalized spacial score (nSPS) is 13.2. The monoisotopic (exact) mass is 466 g/mol. The summed E-state index contributed by atoms with van der Waals surface area (Å²) in [5, 5.41) is 3.83. The van der Waals surface area contributed by atoms with E-state index in [0.717, 1.165) is 0 Å². The number of aromatic nitrogens is 1. The standard InChI is InChI=1S/C25H26N2O7/c1-3-31-25(30)16(2)34-20-6-4-5-19-18(20)9-11-27(24(19)29)12-10-23(28)26-17-7-8-21-22(15-17)33-14-13-32-21/h4-9,11,15-16H,3,10,12-14H2,1-2H3,(H,26,28). The molecule has 9 heteroatoms. The molecule has 1 N–H and O–H groups in total. The summed E-state index contributed by atoms with van der Waals surface area (Å²) in [6.07, 6.45) is 0.914. The number of anilines is 1. The number of carbonyl (C=O) groups is 2.